The van der Waals surface area contributed by atoms with E-state index in [1.165, 1.54) is 22.2 Å². The lowest BCUT2D eigenvalue weighted by molar-refractivity contribution is -0.137. The summed E-state index contributed by atoms with van der Waals surface area (Å²) in [4.78, 5) is 19.0. The molecule has 1 aliphatic heterocycles. The molecule has 2 rings (SSSR count). The molecule has 1 aliphatic rings. The quantitative estimate of drug-likeness (QED) is 0.485. The van der Waals surface area contributed by atoms with Crippen LogP contribution in [0.2, 0.25) is 0 Å². The van der Waals surface area contributed by atoms with Gasteiger partial charge >= 0.3 is 12.3 Å². The van der Waals surface area contributed by atoms with Crippen LogP contribution in [0.5, 0.6) is 0 Å². The molecule has 8 nitrogen and oxygen atoms in total. The van der Waals surface area contributed by atoms with E-state index in [1.54, 1.807) is 40.9 Å². The molecule has 0 saturated carbocycles. The van der Waals surface area contributed by atoms with E-state index in [4.69, 9.17) is 4.74 Å². The van der Waals surface area contributed by atoms with E-state index in [0.717, 1.165) is 0 Å². The Morgan fingerprint density at radius 3 is 2.31 bits per heavy atom. The first-order chi connectivity index (χ1) is 14.6. The van der Waals surface area contributed by atoms with Gasteiger partial charge < -0.3 is 14.5 Å². The third kappa shape index (κ3) is 6.85. The zero-order chi connectivity index (χ0) is 24.3. The highest BCUT2D eigenvalue weighted by molar-refractivity contribution is 7.93. The normalized spacial score (nSPS) is 16.5. The minimum atomic E-state index is -4.82. The number of nitrogens with zero attached hydrogens (tertiary/aromatic N) is 5. The summed E-state index contributed by atoms with van der Waals surface area (Å²) in [6.45, 7) is 5.39. The van der Waals surface area contributed by atoms with Crippen molar-refractivity contribution in [2.45, 2.75) is 32.5 Å². The molecule has 0 bridgehead atoms. The van der Waals surface area contributed by atoms with Gasteiger partial charge in [0, 0.05) is 38.7 Å². The summed E-state index contributed by atoms with van der Waals surface area (Å²) < 4.78 is 63.3. The lowest BCUT2D eigenvalue weighted by Crippen LogP contribution is -2.45. The molecule has 0 spiro atoms. The first-order valence-electron chi connectivity index (χ1n) is 9.70. The zero-order valence-corrected chi connectivity index (χ0v) is 19.4. The number of rotatable bonds is 3. The number of ether oxygens (including phenoxy) is 1. The highest BCUT2D eigenvalue weighted by Gasteiger charge is 2.36. The van der Waals surface area contributed by atoms with Crippen LogP contribution < -0.4 is 0 Å². The predicted molar refractivity (Wildman–Crippen MR) is 116 cm³/mol. The molecule has 12 heteroatoms. The van der Waals surface area contributed by atoms with Crippen LogP contribution in [0, 0.1) is 11.3 Å². The van der Waals surface area contributed by atoms with Gasteiger partial charge in [0.25, 0.3) is 0 Å². The van der Waals surface area contributed by atoms with Crippen molar-refractivity contribution < 1.29 is 26.9 Å². The Bertz CT molecular complexity index is 1050. The van der Waals surface area contributed by atoms with Gasteiger partial charge in [-0.2, -0.15) is 22.8 Å². The standard InChI is InChI=1S/C20H26F3N5O3S/c1-19(2,3)31-18(29)28-6-8-32(30,9-7-28)26-14-10-16(20(21,22)23)15(12-24)17(11-14)25-13-27(4)5/h10-11,13H,6-9H2,1-5H3. The largest absolute Gasteiger partial charge is 0.444 e. The second-order valence-corrected chi connectivity index (χ2v) is 11.0. The van der Waals surface area contributed by atoms with Gasteiger partial charge in [-0.25, -0.2) is 14.0 Å². The molecule has 0 aliphatic carbocycles. The molecule has 0 radical (unpaired) electrons. The van der Waals surface area contributed by atoms with E-state index in [-0.39, 0.29) is 36.0 Å². The van der Waals surface area contributed by atoms with Crippen LogP contribution in [0.25, 0.3) is 0 Å². The van der Waals surface area contributed by atoms with Crippen LogP contribution in [0.15, 0.2) is 21.5 Å². The van der Waals surface area contributed by atoms with E-state index < -0.39 is 38.7 Å². The van der Waals surface area contributed by atoms with Gasteiger partial charge in [0.05, 0.1) is 38.6 Å². The fourth-order valence-electron chi connectivity index (χ4n) is 2.80. The van der Waals surface area contributed by atoms with Crippen LogP contribution in [-0.4, -0.2) is 70.7 Å². The predicted octanol–water partition coefficient (Wildman–Crippen LogP) is 4.15. The zero-order valence-electron chi connectivity index (χ0n) is 18.6. The molecule has 1 heterocycles. The molecular formula is C20H26F3N5O3S. The first-order valence-corrected chi connectivity index (χ1v) is 11.6. The van der Waals surface area contributed by atoms with Crippen LogP contribution in [-0.2, 0) is 20.6 Å². The lowest BCUT2D eigenvalue weighted by atomic mass is 10.0. The van der Waals surface area contributed by atoms with Crippen molar-refractivity contribution in [3.8, 4) is 6.07 Å². The molecule has 176 valence electrons. The SMILES string of the molecule is CN(C)C=Nc1cc(N=S2(=O)CCN(C(=O)OC(C)(C)C)CC2)cc(C(F)(F)F)c1C#N. The van der Waals surface area contributed by atoms with Crippen molar-refractivity contribution in [2.24, 2.45) is 9.36 Å². The topological polar surface area (TPSA) is 98.4 Å². The Kier molecular flexibility index (Phi) is 7.44. The number of hydrogen-bond acceptors (Lipinski definition) is 6. The number of carbonyl (C=O) groups is 1. The molecule has 1 saturated heterocycles. The highest BCUT2D eigenvalue weighted by Crippen LogP contribution is 2.39. The summed E-state index contributed by atoms with van der Waals surface area (Å²) >= 11 is 0. The fourth-order valence-corrected chi connectivity index (χ4v) is 4.68. The molecule has 32 heavy (non-hydrogen) atoms. The minimum absolute atomic E-state index is 0.0100. The van der Waals surface area contributed by atoms with E-state index >= 15 is 0 Å². The Balaban J connectivity index is 2.41. The summed E-state index contributed by atoms with van der Waals surface area (Å²) in [7, 11) is 0.337. The van der Waals surface area contributed by atoms with E-state index in [2.05, 4.69) is 9.36 Å². The Hall–Kier alpha value is -2.81. The van der Waals surface area contributed by atoms with Crippen LogP contribution in [0.4, 0.5) is 29.3 Å². The number of nitriles is 1. The maximum absolute atomic E-state index is 13.6. The number of alkyl halides is 3. The second kappa shape index (κ2) is 9.36. The molecule has 0 atom stereocenters. The van der Waals surface area contributed by atoms with Gasteiger partial charge in [0.2, 0.25) is 0 Å². The van der Waals surface area contributed by atoms with Crippen molar-refractivity contribution in [3.05, 3.63) is 23.3 Å². The van der Waals surface area contributed by atoms with Gasteiger partial charge in [-0.15, -0.1) is 0 Å². The molecule has 0 aromatic heterocycles. The second-order valence-electron chi connectivity index (χ2n) is 8.44. The Morgan fingerprint density at radius 2 is 1.84 bits per heavy atom. The van der Waals surface area contributed by atoms with Crippen LogP contribution in [0.1, 0.15) is 31.9 Å². The lowest BCUT2D eigenvalue weighted by Gasteiger charge is -2.31. The van der Waals surface area contributed by atoms with Gasteiger partial charge in [0.15, 0.2) is 0 Å². The third-order valence-corrected chi connectivity index (χ3v) is 6.42. The van der Waals surface area contributed by atoms with Crippen LogP contribution in [0.3, 0.4) is 0 Å². The number of amides is 1. The molecule has 0 unspecified atom stereocenters. The van der Waals surface area contributed by atoms with Gasteiger partial charge in [0.1, 0.15) is 11.7 Å². The minimum Gasteiger partial charge on any atom is -0.444 e. The van der Waals surface area contributed by atoms with Crippen molar-refractivity contribution in [3.63, 3.8) is 0 Å². The van der Waals surface area contributed by atoms with Gasteiger partial charge in [-0.1, -0.05) is 0 Å². The Labute approximate surface area is 185 Å². The third-order valence-electron chi connectivity index (χ3n) is 4.23. The van der Waals surface area contributed by atoms with E-state index in [9.17, 15) is 27.4 Å². The maximum Gasteiger partial charge on any atom is 0.417 e. The summed E-state index contributed by atoms with van der Waals surface area (Å²) in [5, 5.41) is 9.28. The van der Waals surface area contributed by atoms with Gasteiger partial charge in [-0.3, -0.25) is 0 Å². The monoisotopic (exact) mass is 473 g/mol. The molecule has 1 aromatic rings. The maximum atomic E-state index is 13.6. The average molecular weight is 474 g/mol. The number of hydrogen-bond donors (Lipinski definition) is 0. The fraction of sp³-hybridized carbons (Fsp3) is 0.550. The van der Waals surface area contributed by atoms with Crippen LogP contribution >= 0.6 is 0 Å². The average Bonchev–Trinajstić information content (AvgIpc) is 2.64. The van der Waals surface area contributed by atoms with Crippen molar-refractivity contribution >= 4 is 33.5 Å². The Morgan fingerprint density at radius 1 is 1.25 bits per heavy atom. The molecule has 1 amide bonds. The molecular weight excluding hydrogens is 447 g/mol. The number of carbonyl (C=O) groups excluding carboxylic acids is 1. The number of aliphatic imine (C=N–C) groups is 1. The van der Waals surface area contributed by atoms with Crippen molar-refractivity contribution in [1.29, 1.82) is 5.26 Å². The summed E-state index contributed by atoms with van der Waals surface area (Å²) in [6.07, 6.45) is -4.10. The molecule has 1 fully saturated rings. The highest BCUT2D eigenvalue weighted by atomic mass is 32.2. The molecule has 1 aromatic carbocycles. The van der Waals surface area contributed by atoms with E-state index in [1.807, 2.05) is 0 Å². The van der Waals surface area contributed by atoms with E-state index in [0.29, 0.717) is 6.07 Å². The summed E-state index contributed by atoms with van der Waals surface area (Å²) in [6, 6.07) is 3.47. The van der Waals surface area contributed by atoms with Crippen molar-refractivity contribution in [2.75, 3.05) is 38.7 Å². The number of halogens is 3. The van der Waals surface area contributed by atoms with Gasteiger partial charge in [-0.05, 0) is 32.9 Å². The first kappa shape index (κ1) is 25.5. The summed E-state index contributed by atoms with van der Waals surface area (Å²) in [5.41, 5.74) is -2.91. The number of benzene rings is 1. The summed E-state index contributed by atoms with van der Waals surface area (Å²) in [5.74, 6) is -0.0201. The smallest absolute Gasteiger partial charge is 0.417 e. The van der Waals surface area contributed by atoms with Crippen molar-refractivity contribution in [1.82, 2.24) is 9.80 Å². The molecule has 0 N–H and O–H groups in total.